The highest BCUT2D eigenvalue weighted by Crippen LogP contribution is 2.58. The third kappa shape index (κ3) is 5.32. The first-order valence-electron chi connectivity index (χ1n) is 4.64. The van der Waals surface area contributed by atoms with Gasteiger partial charge >= 0.3 is 6.87 Å². The largest absolute Gasteiger partial charge is 0.386 e. The molecule has 0 aliphatic rings. The number of hydrogen-bond acceptors (Lipinski definition) is 3. The van der Waals surface area contributed by atoms with Gasteiger partial charge in [-0.1, -0.05) is 4.83 Å². The van der Waals surface area contributed by atoms with E-state index in [1.807, 2.05) is 0 Å². The first-order chi connectivity index (χ1) is 6.23. The van der Waals surface area contributed by atoms with Crippen LogP contribution in [0.4, 0.5) is 0 Å². The van der Waals surface area contributed by atoms with Crippen molar-refractivity contribution in [2.75, 3.05) is 13.2 Å². The highest BCUT2D eigenvalue weighted by molar-refractivity contribution is 7.83. The Morgan fingerprint density at radius 3 is 2.14 bits per heavy atom. The fraction of sp³-hybridized carbons (Fsp3) is 1.00. The Hall–Kier alpha value is 0.400. The van der Waals surface area contributed by atoms with Crippen LogP contribution in [0.2, 0.25) is 0 Å². The van der Waals surface area contributed by atoms with E-state index in [1.165, 1.54) is 4.83 Å². The summed E-state index contributed by atoms with van der Waals surface area (Å²) in [5.41, 5.74) is -0.554. The molecule has 0 amide bonds. The standard InChI is InChI=1S/C8H19ClNO3P/c1-6-10(12-7-2)14(9,11)13-8(3,4)5/h6-7H2,1-5H3. The molecule has 0 N–H and O–H groups in total. The van der Waals surface area contributed by atoms with Gasteiger partial charge in [-0.2, -0.15) is 0 Å². The minimum absolute atomic E-state index is 0.415. The minimum atomic E-state index is -3.36. The zero-order chi connectivity index (χ0) is 11.4. The van der Waals surface area contributed by atoms with Gasteiger partial charge in [0.05, 0.1) is 12.2 Å². The Balaban J connectivity index is 4.49. The monoisotopic (exact) mass is 243 g/mol. The van der Waals surface area contributed by atoms with E-state index >= 15 is 0 Å². The third-order valence-electron chi connectivity index (χ3n) is 1.20. The van der Waals surface area contributed by atoms with Crippen molar-refractivity contribution >= 4 is 18.1 Å². The smallest absolute Gasteiger partial charge is 0.299 e. The van der Waals surface area contributed by atoms with Crippen LogP contribution in [0.25, 0.3) is 0 Å². The molecule has 1 atom stereocenters. The molecule has 14 heavy (non-hydrogen) atoms. The van der Waals surface area contributed by atoms with Crippen LogP contribution in [0, 0.1) is 0 Å². The Morgan fingerprint density at radius 1 is 1.36 bits per heavy atom. The summed E-state index contributed by atoms with van der Waals surface area (Å²) in [4.78, 5) is 6.31. The van der Waals surface area contributed by atoms with E-state index in [9.17, 15) is 4.57 Å². The van der Waals surface area contributed by atoms with Gasteiger partial charge in [0, 0.05) is 6.54 Å². The zero-order valence-corrected chi connectivity index (χ0v) is 11.1. The second-order valence-electron chi connectivity index (χ2n) is 3.74. The predicted molar refractivity (Wildman–Crippen MR) is 58.3 cm³/mol. The van der Waals surface area contributed by atoms with Crippen molar-refractivity contribution in [3.63, 3.8) is 0 Å². The molecule has 0 aromatic heterocycles. The van der Waals surface area contributed by atoms with Gasteiger partial charge in [-0.25, -0.2) is 0 Å². The van der Waals surface area contributed by atoms with Gasteiger partial charge in [0.2, 0.25) is 0 Å². The van der Waals surface area contributed by atoms with Crippen LogP contribution in [0.3, 0.4) is 0 Å². The van der Waals surface area contributed by atoms with Crippen molar-refractivity contribution in [1.29, 1.82) is 0 Å². The molecule has 0 aliphatic heterocycles. The number of hydroxylamine groups is 1. The molecule has 1 unspecified atom stereocenters. The lowest BCUT2D eigenvalue weighted by Gasteiger charge is -2.29. The highest BCUT2D eigenvalue weighted by Gasteiger charge is 2.34. The highest BCUT2D eigenvalue weighted by atomic mass is 35.7. The molecule has 0 rings (SSSR count). The van der Waals surface area contributed by atoms with Crippen molar-refractivity contribution < 1.29 is 13.9 Å². The van der Waals surface area contributed by atoms with Gasteiger partial charge in [-0.15, -0.1) is 0 Å². The summed E-state index contributed by atoms with van der Waals surface area (Å²) in [5, 5.41) is 0. The molecule has 0 spiro atoms. The molecule has 0 aromatic carbocycles. The maximum Gasteiger partial charge on any atom is 0.386 e. The van der Waals surface area contributed by atoms with Crippen LogP contribution in [-0.2, 0) is 13.9 Å². The summed E-state index contributed by atoms with van der Waals surface area (Å²) in [5.74, 6) is 0. The molecule has 0 heterocycles. The molecule has 0 bridgehead atoms. The average molecular weight is 244 g/mol. The fourth-order valence-electron chi connectivity index (χ4n) is 0.862. The van der Waals surface area contributed by atoms with Crippen molar-refractivity contribution in [3.05, 3.63) is 0 Å². The van der Waals surface area contributed by atoms with Gasteiger partial charge in [0.1, 0.15) is 0 Å². The number of halogens is 1. The molecule has 0 aliphatic carbocycles. The van der Waals surface area contributed by atoms with Gasteiger partial charge in [0.25, 0.3) is 0 Å². The van der Waals surface area contributed by atoms with E-state index in [4.69, 9.17) is 20.6 Å². The van der Waals surface area contributed by atoms with Crippen LogP contribution in [0.5, 0.6) is 0 Å². The predicted octanol–water partition coefficient (Wildman–Crippen LogP) is 3.42. The summed E-state index contributed by atoms with van der Waals surface area (Å²) < 4.78 is 17.1. The average Bonchev–Trinajstić information content (AvgIpc) is 1.94. The van der Waals surface area contributed by atoms with E-state index in [-0.39, 0.29) is 0 Å². The molecule has 6 heteroatoms. The lowest BCUT2D eigenvalue weighted by molar-refractivity contribution is -0.0905. The molecule has 86 valence electrons. The number of rotatable bonds is 5. The van der Waals surface area contributed by atoms with Gasteiger partial charge in [-0.05, 0) is 45.9 Å². The van der Waals surface area contributed by atoms with Crippen LogP contribution in [-0.4, -0.2) is 23.6 Å². The SMILES string of the molecule is CCON(CC)P(=O)(Cl)OC(C)(C)C. The topological polar surface area (TPSA) is 38.8 Å². The lowest BCUT2D eigenvalue weighted by Crippen LogP contribution is -2.25. The fourth-order valence-corrected chi connectivity index (χ4v) is 3.29. The Labute approximate surface area is 90.8 Å². The summed E-state index contributed by atoms with van der Waals surface area (Å²) in [6, 6.07) is 0. The summed E-state index contributed by atoms with van der Waals surface area (Å²) >= 11 is 5.80. The molecule has 0 radical (unpaired) electrons. The summed E-state index contributed by atoms with van der Waals surface area (Å²) in [6.45, 7) is 6.46. The molecule has 0 saturated heterocycles. The Morgan fingerprint density at radius 2 is 1.86 bits per heavy atom. The van der Waals surface area contributed by atoms with Crippen molar-refractivity contribution in [3.8, 4) is 0 Å². The summed E-state index contributed by atoms with van der Waals surface area (Å²) in [7, 11) is 0. The lowest BCUT2D eigenvalue weighted by atomic mass is 10.2. The molecule has 0 saturated carbocycles. The van der Waals surface area contributed by atoms with Crippen molar-refractivity contribution in [2.45, 2.75) is 40.2 Å². The molecule has 4 nitrogen and oxygen atoms in total. The van der Waals surface area contributed by atoms with E-state index in [0.717, 1.165) is 0 Å². The minimum Gasteiger partial charge on any atom is -0.299 e. The third-order valence-corrected chi connectivity index (χ3v) is 3.62. The van der Waals surface area contributed by atoms with Crippen molar-refractivity contribution in [1.82, 2.24) is 4.83 Å². The maximum atomic E-state index is 11.9. The molecular formula is C8H19ClNO3P. The summed E-state index contributed by atoms with van der Waals surface area (Å²) in [6.07, 6.45) is 0. The second kappa shape index (κ2) is 5.47. The van der Waals surface area contributed by atoms with Crippen LogP contribution < -0.4 is 0 Å². The number of hydrogen-bond donors (Lipinski definition) is 0. The first-order valence-corrected chi connectivity index (χ1v) is 7.12. The first kappa shape index (κ1) is 14.4. The number of nitrogens with zero attached hydrogens (tertiary/aromatic N) is 1. The van der Waals surface area contributed by atoms with E-state index < -0.39 is 12.5 Å². The van der Waals surface area contributed by atoms with Crippen LogP contribution in [0.15, 0.2) is 0 Å². The van der Waals surface area contributed by atoms with E-state index in [0.29, 0.717) is 13.2 Å². The van der Waals surface area contributed by atoms with Crippen LogP contribution in [0.1, 0.15) is 34.6 Å². The zero-order valence-electron chi connectivity index (χ0n) is 9.41. The quantitative estimate of drug-likeness (QED) is 0.548. The normalized spacial score (nSPS) is 17.1. The van der Waals surface area contributed by atoms with E-state index in [2.05, 4.69) is 0 Å². The van der Waals surface area contributed by atoms with E-state index in [1.54, 1.807) is 34.6 Å². The molecule has 0 fully saturated rings. The Kier molecular flexibility index (Phi) is 5.63. The molecule has 0 aromatic rings. The van der Waals surface area contributed by atoms with Gasteiger partial charge in [-0.3, -0.25) is 13.9 Å². The molecular weight excluding hydrogens is 225 g/mol. The second-order valence-corrected chi connectivity index (χ2v) is 6.55. The van der Waals surface area contributed by atoms with Gasteiger partial charge < -0.3 is 0 Å². The maximum absolute atomic E-state index is 11.9. The van der Waals surface area contributed by atoms with Crippen molar-refractivity contribution in [2.24, 2.45) is 0 Å². The van der Waals surface area contributed by atoms with Gasteiger partial charge in [0.15, 0.2) is 0 Å². The Bertz CT molecular complexity index is 217. The van der Waals surface area contributed by atoms with Crippen LogP contribution >= 0.6 is 18.1 Å².